The maximum atomic E-state index is 12.1. The van der Waals surface area contributed by atoms with E-state index in [1.54, 1.807) is 23.5 Å². The summed E-state index contributed by atoms with van der Waals surface area (Å²) in [6.07, 6.45) is 0.932. The Kier molecular flexibility index (Phi) is 4.33. The lowest BCUT2D eigenvalue weighted by Crippen LogP contribution is -2.43. The van der Waals surface area contributed by atoms with Crippen LogP contribution in [-0.4, -0.2) is 49.0 Å². The van der Waals surface area contributed by atoms with Crippen molar-refractivity contribution in [1.82, 2.24) is 14.5 Å². The van der Waals surface area contributed by atoms with Crippen LogP contribution in [0.2, 0.25) is 0 Å². The Morgan fingerprint density at radius 2 is 2.12 bits per heavy atom. The van der Waals surface area contributed by atoms with Crippen LogP contribution in [-0.2, 0) is 16.6 Å². The first-order chi connectivity index (χ1) is 11.4. The van der Waals surface area contributed by atoms with E-state index < -0.39 is 22.1 Å². The minimum Gasteiger partial charge on any atom is -0.458 e. The molecule has 1 aliphatic heterocycles. The van der Waals surface area contributed by atoms with Crippen molar-refractivity contribution < 1.29 is 22.4 Å². The van der Waals surface area contributed by atoms with Gasteiger partial charge in [0.15, 0.2) is 0 Å². The first kappa shape index (κ1) is 16.5. The fourth-order valence-corrected chi connectivity index (χ4v) is 3.78. The molecule has 0 unspecified atom stereocenters. The molecule has 1 N–H and O–H groups in total. The van der Waals surface area contributed by atoms with Gasteiger partial charge in [-0.05, 0) is 23.6 Å². The monoisotopic (exact) mass is 369 g/mol. The molecule has 8 nitrogen and oxygen atoms in total. The SMILES string of the molecule is CS(=O)(=O)N1CCN(C(=O)NCc2ccc(-c3cccs3)o2)C1=O. The van der Waals surface area contributed by atoms with Crippen molar-refractivity contribution in [1.29, 1.82) is 0 Å². The van der Waals surface area contributed by atoms with Crippen LogP contribution in [0.1, 0.15) is 5.76 Å². The lowest BCUT2D eigenvalue weighted by molar-refractivity contribution is 0.193. The molecular weight excluding hydrogens is 354 g/mol. The first-order valence-electron chi connectivity index (χ1n) is 7.06. The molecule has 2 aromatic rings. The van der Waals surface area contributed by atoms with E-state index in [9.17, 15) is 18.0 Å². The van der Waals surface area contributed by atoms with Gasteiger partial charge in [0, 0.05) is 0 Å². The van der Waals surface area contributed by atoms with E-state index in [0.717, 1.165) is 16.0 Å². The Hall–Kier alpha value is -2.33. The minimum absolute atomic E-state index is 0.0241. The summed E-state index contributed by atoms with van der Waals surface area (Å²) in [7, 11) is -3.66. The Morgan fingerprint density at radius 3 is 2.75 bits per heavy atom. The maximum Gasteiger partial charge on any atom is 0.341 e. The van der Waals surface area contributed by atoms with E-state index in [-0.39, 0.29) is 19.6 Å². The number of hydrogen-bond donors (Lipinski definition) is 1. The third-order valence-electron chi connectivity index (χ3n) is 3.46. The van der Waals surface area contributed by atoms with Gasteiger partial charge >= 0.3 is 12.1 Å². The normalized spacial score (nSPS) is 15.1. The van der Waals surface area contributed by atoms with Gasteiger partial charge < -0.3 is 9.73 Å². The zero-order chi connectivity index (χ0) is 17.3. The highest BCUT2D eigenvalue weighted by molar-refractivity contribution is 7.88. The summed E-state index contributed by atoms with van der Waals surface area (Å²) in [6.45, 7) is 0.0948. The number of carbonyl (C=O) groups excluding carboxylic acids is 2. The number of nitrogens with zero attached hydrogens (tertiary/aromatic N) is 2. The second kappa shape index (κ2) is 6.29. The predicted molar refractivity (Wildman–Crippen MR) is 87.9 cm³/mol. The van der Waals surface area contributed by atoms with E-state index in [1.165, 1.54) is 0 Å². The quantitative estimate of drug-likeness (QED) is 0.887. The number of furan rings is 1. The van der Waals surface area contributed by atoms with Crippen LogP contribution in [0.3, 0.4) is 0 Å². The Morgan fingerprint density at radius 1 is 1.33 bits per heavy atom. The number of rotatable bonds is 4. The molecule has 2 aromatic heterocycles. The zero-order valence-electron chi connectivity index (χ0n) is 12.8. The van der Waals surface area contributed by atoms with E-state index in [2.05, 4.69) is 5.32 Å². The second-order valence-electron chi connectivity index (χ2n) is 5.17. The molecule has 1 saturated heterocycles. The summed E-state index contributed by atoms with van der Waals surface area (Å²) in [4.78, 5) is 25.9. The summed E-state index contributed by atoms with van der Waals surface area (Å²) < 4.78 is 29.2. The summed E-state index contributed by atoms with van der Waals surface area (Å²) in [5, 5.41) is 4.49. The highest BCUT2D eigenvalue weighted by Crippen LogP contribution is 2.26. The lowest BCUT2D eigenvalue weighted by atomic mass is 10.3. The molecule has 3 heterocycles. The summed E-state index contributed by atoms with van der Waals surface area (Å²) >= 11 is 1.54. The fraction of sp³-hybridized carbons (Fsp3) is 0.286. The number of nitrogens with one attached hydrogen (secondary N) is 1. The van der Waals surface area contributed by atoms with E-state index in [4.69, 9.17) is 4.42 Å². The average Bonchev–Trinajstić information content (AvgIpc) is 3.23. The highest BCUT2D eigenvalue weighted by atomic mass is 32.2. The van der Waals surface area contributed by atoms with E-state index in [0.29, 0.717) is 15.8 Å². The van der Waals surface area contributed by atoms with Crippen LogP contribution in [0.4, 0.5) is 9.59 Å². The largest absolute Gasteiger partial charge is 0.458 e. The van der Waals surface area contributed by atoms with Crippen LogP contribution in [0, 0.1) is 0 Å². The molecular formula is C14H15N3O5S2. The van der Waals surface area contributed by atoms with Gasteiger partial charge in [0.1, 0.15) is 11.5 Å². The molecule has 1 aliphatic rings. The topological polar surface area (TPSA) is 99.9 Å². The molecule has 128 valence electrons. The molecule has 4 amide bonds. The van der Waals surface area contributed by atoms with Gasteiger partial charge in [0.25, 0.3) is 0 Å². The summed E-state index contributed by atoms with van der Waals surface area (Å²) in [6, 6.07) is 5.89. The number of imide groups is 1. The summed E-state index contributed by atoms with van der Waals surface area (Å²) in [5.41, 5.74) is 0. The highest BCUT2D eigenvalue weighted by Gasteiger charge is 2.38. The van der Waals surface area contributed by atoms with E-state index >= 15 is 0 Å². The molecule has 0 saturated carbocycles. The third-order valence-corrected chi connectivity index (χ3v) is 5.48. The van der Waals surface area contributed by atoms with Crippen LogP contribution in [0.15, 0.2) is 34.1 Å². The number of hydrogen-bond acceptors (Lipinski definition) is 6. The van der Waals surface area contributed by atoms with E-state index in [1.807, 2.05) is 17.5 Å². The zero-order valence-corrected chi connectivity index (χ0v) is 14.4. The minimum atomic E-state index is -3.66. The second-order valence-corrected chi connectivity index (χ2v) is 8.03. The van der Waals surface area contributed by atoms with Crippen LogP contribution in [0.25, 0.3) is 10.6 Å². The molecule has 3 rings (SSSR count). The van der Waals surface area contributed by atoms with Gasteiger partial charge in [-0.15, -0.1) is 11.3 Å². The Bertz CT molecular complexity index is 857. The number of sulfonamides is 1. The summed E-state index contributed by atoms with van der Waals surface area (Å²) in [5.74, 6) is 1.24. The van der Waals surface area contributed by atoms with Crippen molar-refractivity contribution in [3.63, 3.8) is 0 Å². The number of carbonyl (C=O) groups is 2. The van der Waals surface area contributed by atoms with Crippen molar-refractivity contribution >= 4 is 33.4 Å². The van der Waals surface area contributed by atoms with Crippen molar-refractivity contribution in [3.05, 3.63) is 35.4 Å². The fourth-order valence-electron chi connectivity index (χ4n) is 2.30. The predicted octanol–water partition coefficient (Wildman–Crippen LogP) is 1.91. The van der Waals surface area contributed by atoms with Crippen LogP contribution in [0.5, 0.6) is 0 Å². The first-order valence-corrected chi connectivity index (χ1v) is 9.78. The molecule has 10 heteroatoms. The van der Waals surface area contributed by atoms with Gasteiger partial charge in [-0.3, -0.25) is 0 Å². The maximum absolute atomic E-state index is 12.1. The molecule has 0 aliphatic carbocycles. The average molecular weight is 369 g/mol. The van der Waals surface area contributed by atoms with Gasteiger partial charge in [-0.2, -0.15) is 0 Å². The lowest BCUT2D eigenvalue weighted by Gasteiger charge is -2.15. The standard InChI is InChI=1S/C14H15N3O5S2/c1-24(20,21)17-7-6-16(14(17)19)13(18)15-9-10-4-5-11(22-10)12-3-2-8-23-12/h2-5,8H,6-7,9H2,1H3,(H,15,18). The Balaban J connectivity index is 1.59. The van der Waals surface area contributed by atoms with Gasteiger partial charge in [0.05, 0.1) is 30.8 Å². The molecule has 0 radical (unpaired) electrons. The van der Waals surface area contributed by atoms with Crippen molar-refractivity contribution in [3.8, 4) is 10.6 Å². The molecule has 24 heavy (non-hydrogen) atoms. The smallest absolute Gasteiger partial charge is 0.341 e. The van der Waals surface area contributed by atoms with Crippen molar-refractivity contribution in [2.75, 3.05) is 19.3 Å². The van der Waals surface area contributed by atoms with Gasteiger partial charge in [0.2, 0.25) is 10.0 Å². The number of urea groups is 2. The molecule has 1 fully saturated rings. The third kappa shape index (κ3) is 3.29. The van der Waals surface area contributed by atoms with Gasteiger partial charge in [-0.25, -0.2) is 27.2 Å². The van der Waals surface area contributed by atoms with Gasteiger partial charge in [-0.1, -0.05) is 6.07 Å². The molecule has 0 atom stereocenters. The van der Waals surface area contributed by atoms with Crippen LogP contribution < -0.4 is 5.32 Å². The van der Waals surface area contributed by atoms with Crippen LogP contribution >= 0.6 is 11.3 Å². The molecule has 0 spiro atoms. The number of thiophene rings is 1. The molecule has 0 bridgehead atoms. The Labute approximate surface area is 142 Å². The molecule has 0 aromatic carbocycles. The van der Waals surface area contributed by atoms with Crippen molar-refractivity contribution in [2.45, 2.75) is 6.54 Å². The van der Waals surface area contributed by atoms with Crippen molar-refractivity contribution in [2.24, 2.45) is 0 Å². The number of amides is 4.